The molecule has 0 aliphatic heterocycles. The van der Waals surface area contributed by atoms with Crippen molar-refractivity contribution in [2.45, 2.75) is 82.7 Å². The zero-order valence-corrected chi connectivity index (χ0v) is 28.8. The summed E-state index contributed by atoms with van der Waals surface area (Å²) in [5.74, 6) is 0.348. The van der Waals surface area contributed by atoms with Crippen LogP contribution < -0.4 is 26.7 Å². The van der Waals surface area contributed by atoms with Gasteiger partial charge in [-0.05, 0) is 92.9 Å². The molecule has 1 amide bonds. The van der Waals surface area contributed by atoms with Crippen molar-refractivity contribution in [1.82, 2.24) is 25.4 Å². The summed E-state index contributed by atoms with van der Waals surface area (Å²) in [7, 11) is 3.78. The first-order valence-corrected chi connectivity index (χ1v) is 17.8. The summed E-state index contributed by atoms with van der Waals surface area (Å²) in [6, 6.07) is 17.0. The van der Waals surface area contributed by atoms with Gasteiger partial charge in [0.2, 0.25) is 11.0 Å². The maximum Gasteiger partial charge on any atom is 0.229 e. The number of nitrogens with one attached hydrogen (secondary N) is 5. The second-order valence-electron chi connectivity index (χ2n) is 11.6. The molecule has 5 rings (SSSR count). The van der Waals surface area contributed by atoms with Crippen molar-refractivity contribution >= 4 is 52.0 Å². The molecule has 3 aromatic rings. The molecule has 2 aliphatic carbocycles. The number of hydrogen-bond donors (Lipinski definition) is 5. The number of hydrazine groups is 1. The van der Waals surface area contributed by atoms with Gasteiger partial charge in [-0.2, -0.15) is 4.41 Å². The lowest BCUT2D eigenvalue weighted by molar-refractivity contribution is -0.119. The highest BCUT2D eigenvalue weighted by Crippen LogP contribution is 2.38. The molecular weight excluding hydrogens is 617 g/mol. The van der Waals surface area contributed by atoms with Crippen molar-refractivity contribution in [2.24, 2.45) is 0 Å². The van der Waals surface area contributed by atoms with Gasteiger partial charge in [0.05, 0.1) is 11.4 Å². The molecule has 0 saturated heterocycles. The Hall–Kier alpha value is -3.45. The van der Waals surface area contributed by atoms with Crippen LogP contribution in [0, 0.1) is 0 Å². The van der Waals surface area contributed by atoms with Gasteiger partial charge in [0.25, 0.3) is 0 Å². The van der Waals surface area contributed by atoms with Crippen LogP contribution in [0.15, 0.2) is 60.1 Å². The van der Waals surface area contributed by atoms with E-state index >= 15 is 0 Å². The molecule has 1 unspecified atom stereocenters. The molecule has 0 radical (unpaired) electrons. The number of aldehydes is 1. The summed E-state index contributed by atoms with van der Waals surface area (Å²) >= 11 is 3.09. The van der Waals surface area contributed by atoms with Gasteiger partial charge >= 0.3 is 0 Å². The first-order chi connectivity index (χ1) is 22.4. The van der Waals surface area contributed by atoms with Gasteiger partial charge in [0.1, 0.15) is 11.3 Å². The van der Waals surface area contributed by atoms with Crippen LogP contribution in [0.1, 0.15) is 73.9 Å². The minimum absolute atomic E-state index is 0.0536. The number of amides is 1. The number of aromatic nitrogens is 2. The molecule has 2 aliphatic rings. The smallest absolute Gasteiger partial charge is 0.229 e. The molecule has 0 spiro atoms. The van der Waals surface area contributed by atoms with E-state index in [4.69, 9.17) is 0 Å². The van der Waals surface area contributed by atoms with E-state index in [9.17, 15) is 9.59 Å². The maximum atomic E-state index is 12.6. The van der Waals surface area contributed by atoms with Gasteiger partial charge in [0.15, 0.2) is 0 Å². The van der Waals surface area contributed by atoms with Gasteiger partial charge < -0.3 is 26.1 Å². The van der Waals surface area contributed by atoms with E-state index in [1.165, 1.54) is 24.8 Å². The lowest BCUT2D eigenvalue weighted by atomic mass is 9.86. The van der Waals surface area contributed by atoms with Crippen LogP contribution in [0.2, 0.25) is 0 Å². The summed E-state index contributed by atoms with van der Waals surface area (Å²) in [6.07, 6.45) is 9.66. The van der Waals surface area contributed by atoms with Gasteiger partial charge in [-0.1, -0.05) is 55.5 Å². The molecule has 12 heteroatoms. The molecule has 2 fully saturated rings. The zero-order valence-electron chi connectivity index (χ0n) is 27.2. The van der Waals surface area contributed by atoms with Crippen molar-refractivity contribution in [1.29, 1.82) is 0 Å². The highest BCUT2D eigenvalue weighted by Gasteiger charge is 2.30. The second kappa shape index (κ2) is 18.6. The molecule has 0 bridgehead atoms. The standard InChI is InChI=1S/C23H33N7OS2.C11H15NO/c1-15(26-21(31)13-16-6-4-8-19(12-16)27-18-10-11-18)33-30(25-3)20-9-5-7-17(14-20)22-28-29-23(24-2)32-22;1-2-7-12-11-5-3-4-10(9-11)6-8-13/h4,6,8,12,17-18,20,25,27H,1,5,7,9-11,13-14H2,2-3H3,(H,24,29)(H,26,31);3-5,8-9,12H,2,6-7H2,1H3/t17?,20-;/m0./s1. The van der Waals surface area contributed by atoms with Crippen LogP contribution in [0.4, 0.5) is 16.5 Å². The lowest BCUT2D eigenvalue weighted by Crippen LogP contribution is -2.42. The Morgan fingerprint density at radius 2 is 1.83 bits per heavy atom. The summed E-state index contributed by atoms with van der Waals surface area (Å²) in [5, 5.41) is 23.9. The fraction of sp³-hybridized carbons (Fsp3) is 0.471. The second-order valence-corrected chi connectivity index (χ2v) is 13.7. The molecule has 2 atom stereocenters. The Kier molecular flexibility index (Phi) is 14.3. The normalized spacial score (nSPS) is 17.4. The average molecular weight is 665 g/mol. The van der Waals surface area contributed by atoms with E-state index in [0.717, 1.165) is 77.6 Å². The van der Waals surface area contributed by atoms with E-state index in [-0.39, 0.29) is 5.91 Å². The molecule has 1 aromatic heterocycles. The van der Waals surface area contributed by atoms with Crippen LogP contribution in [0.25, 0.3) is 0 Å². The van der Waals surface area contributed by atoms with Crippen LogP contribution in [-0.2, 0) is 22.4 Å². The Morgan fingerprint density at radius 1 is 1.07 bits per heavy atom. The number of carbonyl (C=O) groups excluding carboxylic acids is 2. The minimum Gasteiger partial charge on any atom is -0.385 e. The van der Waals surface area contributed by atoms with Crippen LogP contribution >= 0.6 is 23.3 Å². The Labute approximate surface area is 281 Å². The number of anilines is 3. The van der Waals surface area contributed by atoms with Crippen molar-refractivity contribution in [3.05, 3.63) is 76.3 Å². The minimum atomic E-state index is -0.0536. The van der Waals surface area contributed by atoms with Gasteiger partial charge in [-0.3, -0.25) is 4.79 Å². The van der Waals surface area contributed by atoms with Crippen molar-refractivity contribution < 1.29 is 9.59 Å². The topological polar surface area (TPSA) is 123 Å². The molecule has 2 aromatic carbocycles. The Bertz CT molecular complexity index is 1410. The van der Waals surface area contributed by atoms with E-state index in [1.807, 2.05) is 50.5 Å². The molecule has 46 heavy (non-hydrogen) atoms. The summed E-state index contributed by atoms with van der Waals surface area (Å²) < 4.78 is 2.11. The predicted octanol–water partition coefficient (Wildman–Crippen LogP) is 6.34. The van der Waals surface area contributed by atoms with Crippen LogP contribution in [0.3, 0.4) is 0 Å². The third-order valence-corrected chi connectivity index (χ3v) is 9.86. The molecule has 5 N–H and O–H groups in total. The lowest BCUT2D eigenvalue weighted by Gasteiger charge is -2.35. The predicted molar refractivity (Wildman–Crippen MR) is 192 cm³/mol. The molecule has 1 heterocycles. The number of nitrogens with zero attached hydrogens (tertiary/aromatic N) is 3. The SMILES string of the molecule is C=C(NC(=O)Cc1cccc(NC2CC2)c1)SN(NC)[C@H]1CCCC(c2nnc(NC)s2)C1.CCCNc1cccc(CC=O)c1. The fourth-order valence-corrected chi connectivity index (χ4v) is 7.01. The monoisotopic (exact) mass is 664 g/mol. The Morgan fingerprint density at radius 3 is 2.52 bits per heavy atom. The van der Waals surface area contributed by atoms with E-state index in [2.05, 4.69) is 66.9 Å². The number of benzene rings is 2. The van der Waals surface area contributed by atoms with Crippen molar-refractivity contribution in [2.75, 3.05) is 36.6 Å². The average Bonchev–Trinajstić information content (AvgIpc) is 3.74. The number of carbonyl (C=O) groups is 2. The van der Waals surface area contributed by atoms with Gasteiger partial charge in [-0.15, -0.1) is 10.2 Å². The van der Waals surface area contributed by atoms with Crippen molar-refractivity contribution in [3.8, 4) is 0 Å². The summed E-state index contributed by atoms with van der Waals surface area (Å²) in [5.41, 5.74) is 7.52. The molecule has 2 saturated carbocycles. The number of hydrogen-bond acceptors (Lipinski definition) is 11. The fourth-order valence-electron chi connectivity index (χ4n) is 5.34. The van der Waals surface area contributed by atoms with E-state index in [1.54, 1.807) is 11.3 Å². The van der Waals surface area contributed by atoms with E-state index in [0.29, 0.717) is 35.9 Å². The van der Waals surface area contributed by atoms with Gasteiger partial charge in [0, 0.05) is 49.4 Å². The molecular formula is C34H48N8O2S2. The third-order valence-electron chi connectivity index (χ3n) is 7.75. The van der Waals surface area contributed by atoms with E-state index < -0.39 is 0 Å². The summed E-state index contributed by atoms with van der Waals surface area (Å²) in [6.45, 7) is 7.19. The van der Waals surface area contributed by atoms with Crippen LogP contribution in [0.5, 0.6) is 0 Å². The molecule has 10 nitrogen and oxygen atoms in total. The zero-order chi connectivity index (χ0) is 32.7. The summed E-state index contributed by atoms with van der Waals surface area (Å²) in [4.78, 5) is 22.9. The third kappa shape index (κ3) is 11.7. The first kappa shape index (κ1) is 35.4. The van der Waals surface area contributed by atoms with Crippen molar-refractivity contribution in [3.63, 3.8) is 0 Å². The maximum absolute atomic E-state index is 12.6. The van der Waals surface area contributed by atoms with Gasteiger partial charge in [-0.25, -0.2) is 5.43 Å². The highest BCUT2D eigenvalue weighted by atomic mass is 32.2. The number of rotatable bonds is 16. The largest absolute Gasteiger partial charge is 0.385 e. The first-order valence-electron chi connectivity index (χ1n) is 16.2. The molecule has 248 valence electrons. The quantitative estimate of drug-likeness (QED) is 0.0673. The van der Waals surface area contributed by atoms with Crippen LogP contribution in [-0.4, -0.2) is 59.5 Å². The highest BCUT2D eigenvalue weighted by molar-refractivity contribution is 8.00. The Balaban J connectivity index is 0.000000310.